The fourth-order valence-corrected chi connectivity index (χ4v) is 2.31. The third-order valence-electron chi connectivity index (χ3n) is 2.91. The van der Waals surface area contributed by atoms with Gasteiger partial charge in [0.25, 0.3) is 11.2 Å². The van der Waals surface area contributed by atoms with Crippen LogP contribution in [0.15, 0.2) is 32.3 Å². The molecule has 110 valence electrons. The van der Waals surface area contributed by atoms with Gasteiger partial charge in [0.05, 0.1) is 16.2 Å². The number of aromatic hydroxyl groups is 1. The molecule has 1 heterocycles. The summed E-state index contributed by atoms with van der Waals surface area (Å²) in [5.74, 6) is -0.535. The van der Waals surface area contributed by atoms with Crippen LogP contribution < -0.4 is 11.2 Å². The van der Waals surface area contributed by atoms with Crippen molar-refractivity contribution in [2.45, 2.75) is 13.3 Å². The Bertz CT molecular complexity index is 840. The van der Waals surface area contributed by atoms with Gasteiger partial charge in [0, 0.05) is 16.6 Å². The van der Waals surface area contributed by atoms with E-state index in [1.54, 1.807) is 6.92 Å². The predicted octanol–water partition coefficient (Wildman–Crippen LogP) is 1.46. The molecule has 9 heteroatoms. The highest BCUT2D eigenvalue weighted by molar-refractivity contribution is 9.10. The Morgan fingerprint density at radius 2 is 2.10 bits per heavy atom. The molecule has 0 spiro atoms. The maximum Gasteiger partial charge on any atom is 0.335 e. The smallest absolute Gasteiger partial charge is 0.335 e. The molecular weight excluding hydrogens is 346 g/mol. The van der Waals surface area contributed by atoms with E-state index in [0.29, 0.717) is 4.47 Å². The van der Waals surface area contributed by atoms with E-state index in [9.17, 15) is 24.8 Å². The summed E-state index contributed by atoms with van der Waals surface area (Å²) < 4.78 is 1.18. The van der Waals surface area contributed by atoms with Crippen molar-refractivity contribution in [1.82, 2.24) is 9.55 Å². The summed E-state index contributed by atoms with van der Waals surface area (Å²) in [6.07, 6.45) is 0.202. The Kier molecular flexibility index (Phi) is 3.94. The number of H-pyrrole nitrogens is 1. The zero-order valence-electron chi connectivity index (χ0n) is 10.8. The molecule has 2 aromatic rings. The number of nitro groups is 1. The van der Waals surface area contributed by atoms with Crippen molar-refractivity contribution in [3.8, 4) is 11.6 Å². The molecule has 0 saturated carbocycles. The standard InChI is InChI=1S/C12H10BrN3O5/c1-2-7-10(17)14-12(19)15(11(7)18)9-5-6(16(20)21)3-4-8(9)13/h3-5,18H,2H2,1H3,(H,14,17,19). The Hall–Kier alpha value is -2.42. The van der Waals surface area contributed by atoms with E-state index in [1.807, 2.05) is 0 Å². The van der Waals surface area contributed by atoms with Gasteiger partial charge in [-0.2, -0.15) is 0 Å². The third-order valence-corrected chi connectivity index (χ3v) is 3.58. The van der Waals surface area contributed by atoms with Gasteiger partial charge >= 0.3 is 5.69 Å². The number of hydrogen-bond acceptors (Lipinski definition) is 5. The van der Waals surface area contributed by atoms with Crippen LogP contribution in [0.5, 0.6) is 5.88 Å². The van der Waals surface area contributed by atoms with Crippen LogP contribution in [0.2, 0.25) is 0 Å². The van der Waals surface area contributed by atoms with Gasteiger partial charge in [0.2, 0.25) is 5.88 Å². The van der Waals surface area contributed by atoms with Crippen LogP contribution in [-0.2, 0) is 6.42 Å². The quantitative estimate of drug-likeness (QED) is 0.638. The molecule has 0 saturated heterocycles. The van der Waals surface area contributed by atoms with Crippen LogP contribution >= 0.6 is 15.9 Å². The highest BCUT2D eigenvalue weighted by atomic mass is 79.9. The normalized spacial score (nSPS) is 10.6. The topological polar surface area (TPSA) is 118 Å². The molecule has 0 radical (unpaired) electrons. The van der Waals surface area contributed by atoms with Crippen LogP contribution in [0.4, 0.5) is 5.69 Å². The zero-order chi connectivity index (χ0) is 15.7. The molecule has 0 amide bonds. The second kappa shape index (κ2) is 5.52. The average Bonchev–Trinajstić information content (AvgIpc) is 2.40. The van der Waals surface area contributed by atoms with Gasteiger partial charge in [-0.25, -0.2) is 9.36 Å². The highest BCUT2D eigenvalue weighted by Gasteiger charge is 2.18. The number of nitrogens with zero attached hydrogens (tertiary/aromatic N) is 2. The lowest BCUT2D eigenvalue weighted by Crippen LogP contribution is -2.31. The molecule has 0 unspecified atom stereocenters. The molecule has 0 bridgehead atoms. The minimum atomic E-state index is -0.879. The first-order valence-electron chi connectivity index (χ1n) is 5.88. The number of nitro benzene ring substituents is 1. The molecule has 0 aliphatic carbocycles. The number of benzene rings is 1. The minimum Gasteiger partial charge on any atom is -0.494 e. The molecule has 1 aromatic heterocycles. The second-order valence-corrected chi connectivity index (χ2v) is 5.00. The lowest BCUT2D eigenvalue weighted by Gasteiger charge is -2.11. The van der Waals surface area contributed by atoms with Crippen LogP contribution in [0.1, 0.15) is 12.5 Å². The van der Waals surface area contributed by atoms with Crippen molar-refractivity contribution in [3.63, 3.8) is 0 Å². The summed E-state index contributed by atoms with van der Waals surface area (Å²) in [6.45, 7) is 1.64. The van der Waals surface area contributed by atoms with Crippen molar-refractivity contribution >= 4 is 21.6 Å². The molecule has 21 heavy (non-hydrogen) atoms. The summed E-state index contributed by atoms with van der Waals surface area (Å²) >= 11 is 3.16. The van der Waals surface area contributed by atoms with E-state index in [-0.39, 0.29) is 23.4 Å². The van der Waals surface area contributed by atoms with E-state index < -0.39 is 22.1 Å². The van der Waals surface area contributed by atoms with E-state index >= 15 is 0 Å². The molecular formula is C12H10BrN3O5. The van der Waals surface area contributed by atoms with Crippen molar-refractivity contribution in [1.29, 1.82) is 0 Å². The molecule has 2 N–H and O–H groups in total. The van der Waals surface area contributed by atoms with Gasteiger partial charge < -0.3 is 5.11 Å². The average molecular weight is 356 g/mol. The molecule has 0 fully saturated rings. The summed E-state index contributed by atoms with van der Waals surface area (Å²) in [5, 5.41) is 20.9. The van der Waals surface area contributed by atoms with E-state index in [2.05, 4.69) is 20.9 Å². The van der Waals surface area contributed by atoms with Crippen molar-refractivity contribution < 1.29 is 10.0 Å². The number of aromatic nitrogens is 2. The van der Waals surface area contributed by atoms with Crippen LogP contribution in [0, 0.1) is 10.1 Å². The maximum atomic E-state index is 11.9. The fraction of sp³-hybridized carbons (Fsp3) is 0.167. The summed E-state index contributed by atoms with van der Waals surface area (Å²) in [4.78, 5) is 35.8. The lowest BCUT2D eigenvalue weighted by molar-refractivity contribution is -0.384. The summed E-state index contributed by atoms with van der Waals surface area (Å²) in [7, 11) is 0. The molecule has 0 aliphatic rings. The Morgan fingerprint density at radius 1 is 1.43 bits per heavy atom. The Morgan fingerprint density at radius 3 is 2.67 bits per heavy atom. The lowest BCUT2D eigenvalue weighted by atomic mass is 10.2. The number of nitrogens with one attached hydrogen (secondary N) is 1. The SMILES string of the molecule is CCc1c(O)n(-c2cc([N+](=O)[O-])ccc2Br)c(=O)[nH]c1=O. The Balaban J connectivity index is 2.85. The van der Waals surface area contributed by atoms with E-state index in [1.165, 1.54) is 12.1 Å². The van der Waals surface area contributed by atoms with Crippen molar-refractivity contribution in [3.05, 3.63) is 59.2 Å². The van der Waals surface area contributed by atoms with Gasteiger partial charge in [0.15, 0.2) is 0 Å². The van der Waals surface area contributed by atoms with Gasteiger partial charge in [-0.15, -0.1) is 0 Å². The number of non-ortho nitro benzene ring substituents is 1. The minimum absolute atomic E-state index is 0.0213. The van der Waals surface area contributed by atoms with Gasteiger partial charge in [-0.1, -0.05) is 6.92 Å². The first-order valence-corrected chi connectivity index (χ1v) is 6.67. The summed E-state index contributed by atoms with van der Waals surface area (Å²) in [5.41, 5.74) is -1.72. The second-order valence-electron chi connectivity index (χ2n) is 4.14. The molecule has 0 atom stereocenters. The molecule has 8 nitrogen and oxygen atoms in total. The van der Waals surface area contributed by atoms with Gasteiger partial charge in [-0.05, 0) is 28.4 Å². The largest absolute Gasteiger partial charge is 0.494 e. The first-order chi connectivity index (χ1) is 9.86. The first kappa shape index (κ1) is 15.0. The number of halogens is 1. The van der Waals surface area contributed by atoms with Gasteiger partial charge in [0.1, 0.15) is 0 Å². The zero-order valence-corrected chi connectivity index (χ0v) is 12.4. The van der Waals surface area contributed by atoms with Crippen molar-refractivity contribution in [2.75, 3.05) is 0 Å². The Labute approximate surface area is 126 Å². The number of hydrogen-bond donors (Lipinski definition) is 2. The van der Waals surface area contributed by atoms with E-state index in [0.717, 1.165) is 10.6 Å². The van der Waals surface area contributed by atoms with Crippen molar-refractivity contribution in [2.24, 2.45) is 0 Å². The predicted molar refractivity (Wildman–Crippen MR) is 78.1 cm³/mol. The highest BCUT2D eigenvalue weighted by Crippen LogP contribution is 2.28. The fourth-order valence-electron chi connectivity index (χ4n) is 1.89. The molecule has 2 rings (SSSR count). The molecule has 1 aromatic carbocycles. The third kappa shape index (κ3) is 2.59. The number of rotatable bonds is 3. The van der Waals surface area contributed by atoms with Crippen LogP contribution in [0.3, 0.4) is 0 Å². The van der Waals surface area contributed by atoms with Gasteiger partial charge in [-0.3, -0.25) is 19.9 Å². The van der Waals surface area contributed by atoms with Crippen LogP contribution in [-0.4, -0.2) is 19.6 Å². The maximum absolute atomic E-state index is 11.9. The number of aromatic amines is 1. The van der Waals surface area contributed by atoms with E-state index in [4.69, 9.17) is 0 Å². The summed E-state index contributed by atoms with van der Waals surface area (Å²) in [6, 6.07) is 3.76. The monoisotopic (exact) mass is 355 g/mol. The molecule has 0 aliphatic heterocycles. The van der Waals surface area contributed by atoms with Crippen LogP contribution in [0.25, 0.3) is 5.69 Å².